The standard InChI is InChI=1S/C11H10O4/c1-6-11(10(13)14-6)5-7-4-8(12)2-3-9(7)15-11/h2-4,6,12H,5H2,1H3. The summed E-state index contributed by atoms with van der Waals surface area (Å²) in [6, 6.07) is 4.85. The van der Waals surface area contributed by atoms with E-state index >= 15 is 0 Å². The van der Waals surface area contributed by atoms with Gasteiger partial charge >= 0.3 is 5.97 Å². The van der Waals surface area contributed by atoms with Crippen LogP contribution in [-0.4, -0.2) is 22.8 Å². The maximum Gasteiger partial charge on any atom is 0.355 e. The number of cyclic esters (lactones) is 1. The first-order valence-electron chi connectivity index (χ1n) is 4.84. The lowest BCUT2D eigenvalue weighted by Gasteiger charge is -2.41. The van der Waals surface area contributed by atoms with Crippen molar-refractivity contribution in [2.24, 2.45) is 0 Å². The van der Waals surface area contributed by atoms with Crippen molar-refractivity contribution in [2.75, 3.05) is 0 Å². The average Bonchev–Trinajstić information content (AvgIpc) is 2.59. The normalized spacial score (nSPS) is 31.8. The molecule has 1 fully saturated rings. The molecule has 0 amide bonds. The van der Waals surface area contributed by atoms with Crippen LogP contribution in [-0.2, 0) is 16.0 Å². The molecule has 0 aliphatic carbocycles. The number of hydrogen-bond donors (Lipinski definition) is 1. The number of phenols is 1. The topological polar surface area (TPSA) is 55.8 Å². The van der Waals surface area contributed by atoms with E-state index in [-0.39, 0.29) is 17.8 Å². The monoisotopic (exact) mass is 206 g/mol. The quantitative estimate of drug-likeness (QED) is 0.644. The van der Waals surface area contributed by atoms with Crippen molar-refractivity contribution >= 4 is 5.97 Å². The number of carbonyl (C=O) groups excluding carboxylic acids is 1. The van der Waals surface area contributed by atoms with Gasteiger partial charge in [-0.25, -0.2) is 4.79 Å². The molecule has 0 bridgehead atoms. The van der Waals surface area contributed by atoms with Gasteiger partial charge in [0, 0.05) is 12.0 Å². The predicted molar refractivity (Wildman–Crippen MR) is 50.7 cm³/mol. The molecule has 2 heterocycles. The summed E-state index contributed by atoms with van der Waals surface area (Å²) in [5.41, 5.74) is 0.0225. The number of rotatable bonds is 0. The highest BCUT2D eigenvalue weighted by Crippen LogP contribution is 2.44. The first-order chi connectivity index (χ1) is 7.12. The van der Waals surface area contributed by atoms with Gasteiger partial charge in [-0.2, -0.15) is 0 Å². The molecular formula is C11H10O4. The van der Waals surface area contributed by atoms with E-state index in [1.54, 1.807) is 18.2 Å². The number of phenolic OH excluding ortho intramolecular Hbond substituents is 1. The number of ether oxygens (including phenoxy) is 2. The molecule has 2 aliphatic heterocycles. The second-order valence-corrected chi connectivity index (χ2v) is 4.01. The van der Waals surface area contributed by atoms with Crippen molar-refractivity contribution in [1.82, 2.24) is 0 Å². The fraction of sp³-hybridized carbons (Fsp3) is 0.364. The Morgan fingerprint density at radius 1 is 1.53 bits per heavy atom. The molecule has 2 aliphatic rings. The zero-order valence-electron chi connectivity index (χ0n) is 8.19. The highest BCUT2D eigenvalue weighted by Gasteiger charge is 2.61. The molecule has 1 spiro atoms. The van der Waals surface area contributed by atoms with Gasteiger partial charge in [-0.3, -0.25) is 0 Å². The van der Waals surface area contributed by atoms with Gasteiger partial charge in [0.1, 0.15) is 17.6 Å². The highest BCUT2D eigenvalue weighted by atomic mass is 16.6. The van der Waals surface area contributed by atoms with Crippen molar-refractivity contribution < 1.29 is 19.4 Å². The molecule has 2 unspecified atom stereocenters. The minimum absolute atomic E-state index is 0.190. The minimum Gasteiger partial charge on any atom is -0.508 e. The van der Waals surface area contributed by atoms with Crippen LogP contribution in [0, 0.1) is 0 Å². The van der Waals surface area contributed by atoms with Crippen LogP contribution in [0.2, 0.25) is 0 Å². The van der Waals surface area contributed by atoms with E-state index in [4.69, 9.17) is 9.47 Å². The van der Waals surface area contributed by atoms with Crippen molar-refractivity contribution in [1.29, 1.82) is 0 Å². The van der Waals surface area contributed by atoms with Crippen LogP contribution in [0.15, 0.2) is 18.2 Å². The van der Waals surface area contributed by atoms with Crippen LogP contribution in [0.4, 0.5) is 0 Å². The molecule has 15 heavy (non-hydrogen) atoms. The Bertz CT molecular complexity index is 454. The molecule has 4 nitrogen and oxygen atoms in total. The fourth-order valence-electron chi connectivity index (χ4n) is 2.12. The van der Waals surface area contributed by atoms with Crippen LogP contribution in [0.3, 0.4) is 0 Å². The Kier molecular flexibility index (Phi) is 1.40. The van der Waals surface area contributed by atoms with Crippen molar-refractivity contribution in [3.63, 3.8) is 0 Å². The number of hydrogen-bond acceptors (Lipinski definition) is 4. The van der Waals surface area contributed by atoms with Crippen LogP contribution in [0.1, 0.15) is 12.5 Å². The number of fused-ring (bicyclic) bond motifs is 1. The Labute approximate surface area is 86.4 Å². The third-order valence-electron chi connectivity index (χ3n) is 3.08. The molecule has 0 radical (unpaired) electrons. The lowest BCUT2D eigenvalue weighted by Crippen LogP contribution is -2.64. The Morgan fingerprint density at radius 2 is 2.33 bits per heavy atom. The highest BCUT2D eigenvalue weighted by molar-refractivity contribution is 5.88. The van der Waals surface area contributed by atoms with Gasteiger partial charge in [0.2, 0.25) is 5.60 Å². The van der Waals surface area contributed by atoms with E-state index in [0.717, 1.165) is 5.56 Å². The second kappa shape index (κ2) is 2.45. The van der Waals surface area contributed by atoms with Gasteiger partial charge in [-0.05, 0) is 25.1 Å². The summed E-state index contributed by atoms with van der Waals surface area (Å²) >= 11 is 0. The van der Waals surface area contributed by atoms with Crippen LogP contribution in [0.5, 0.6) is 11.5 Å². The summed E-state index contributed by atoms with van der Waals surface area (Å²) in [5, 5.41) is 9.32. The Morgan fingerprint density at radius 3 is 3.00 bits per heavy atom. The van der Waals surface area contributed by atoms with E-state index in [2.05, 4.69) is 0 Å². The van der Waals surface area contributed by atoms with Crippen molar-refractivity contribution in [2.45, 2.75) is 25.0 Å². The van der Waals surface area contributed by atoms with E-state index in [0.29, 0.717) is 12.2 Å². The Balaban J connectivity index is 2.01. The molecule has 1 aromatic rings. The fourth-order valence-corrected chi connectivity index (χ4v) is 2.12. The van der Waals surface area contributed by atoms with E-state index in [1.165, 1.54) is 0 Å². The molecule has 3 rings (SSSR count). The second-order valence-electron chi connectivity index (χ2n) is 4.01. The SMILES string of the molecule is CC1OC(=O)C12Cc1cc(O)ccc1O2. The lowest BCUT2D eigenvalue weighted by molar-refractivity contribution is -0.214. The molecule has 1 saturated heterocycles. The smallest absolute Gasteiger partial charge is 0.355 e. The van der Waals surface area contributed by atoms with Gasteiger partial charge in [0.15, 0.2) is 0 Å². The molecule has 2 atom stereocenters. The molecule has 4 heteroatoms. The number of aromatic hydroxyl groups is 1. The third kappa shape index (κ3) is 0.936. The number of benzene rings is 1. The van der Waals surface area contributed by atoms with Crippen LogP contribution < -0.4 is 4.74 Å². The number of carbonyl (C=O) groups is 1. The van der Waals surface area contributed by atoms with Gasteiger partial charge in [0.05, 0.1) is 0 Å². The molecule has 0 aromatic heterocycles. The van der Waals surface area contributed by atoms with Crippen LogP contribution >= 0.6 is 0 Å². The van der Waals surface area contributed by atoms with E-state index < -0.39 is 5.60 Å². The largest absolute Gasteiger partial charge is 0.508 e. The summed E-state index contributed by atoms with van der Waals surface area (Å²) in [6.45, 7) is 1.81. The minimum atomic E-state index is -0.837. The maximum absolute atomic E-state index is 11.4. The molecule has 0 saturated carbocycles. The predicted octanol–water partition coefficient (Wildman–Crippen LogP) is 1.01. The first-order valence-corrected chi connectivity index (χ1v) is 4.84. The summed E-state index contributed by atoms with van der Waals surface area (Å²) in [7, 11) is 0. The van der Waals surface area contributed by atoms with E-state index in [1.807, 2.05) is 6.92 Å². The van der Waals surface area contributed by atoms with E-state index in [9.17, 15) is 9.90 Å². The summed E-state index contributed by atoms with van der Waals surface area (Å²) in [5.74, 6) is 0.539. The maximum atomic E-state index is 11.4. The average molecular weight is 206 g/mol. The molecule has 1 aromatic carbocycles. The summed E-state index contributed by atoms with van der Waals surface area (Å²) in [6.07, 6.45) is 0.260. The summed E-state index contributed by atoms with van der Waals surface area (Å²) in [4.78, 5) is 11.4. The van der Waals surface area contributed by atoms with Crippen LogP contribution in [0.25, 0.3) is 0 Å². The summed E-state index contributed by atoms with van der Waals surface area (Å²) < 4.78 is 10.5. The number of esters is 1. The molecular weight excluding hydrogens is 196 g/mol. The molecule has 1 N–H and O–H groups in total. The first kappa shape index (κ1) is 8.59. The van der Waals surface area contributed by atoms with Gasteiger partial charge < -0.3 is 14.6 Å². The molecule has 78 valence electrons. The lowest BCUT2D eigenvalue weighted by atomic mass is 9.87. The van der Waals surface area contributed by atoms with Crippen molar-refractivity contribution in [3.8, 4) is 11.5 Å². The van der Waals surface area contributed by atoms with Gasteiger partial charge in [-0.1, -0.05) is 0 Å². The third-order valence-corrected chi connectivity index (χ3v) is 3.08. The zero-order chi connectivity index (χ0) is 10.6. The van der Waals surface area contributed by atoms with Gasteiger partial charge in [-0.15, -0.1) is 0 Å². The van der Waals surface area contributed by atoms with Gasteiger partial charge in [0.25, 0.3) is 0 Å². The Hall–Kier alpha value is -1.71. The van der Waals surface area contributed by atoms with Crippen molar-refractivity contribution in [3.05, 3.63) is 23.8 Å². The zero-order valence-corrected chi connectivity index (χ0v) is 8.19.